The molecule has 3 aliphatic heterocycles. The maximum atomic E-state index is 12.5. The van der Waals surface area contributed by atoms with E-state index in [0.29, 0.717) is 44.8 Å². The average Bonchev–Trinajstić information content (AvgIpc) is 3.58. The highest BCUT2D eigenvalue weighted by atomic mass is 35.5. The normalized spacial score (nSPS) is 21.1. The molecule has 1 amide bonds. The number of nitrogens with zero attached hydrogens (tertiary/aromatic N) is 7. The van der Waals surface area contributed by atoms with Crippen LogP contribution in [0.3, 0.4) is 0 Å². The van der Waals surface area contributed by atoms with Gasteiger partial charge in [0.1, 0.15) is 12.4 Å². The van der Waals surface area contributed by atoms with Gasteiger partial charge >= 0.3 is 6.01 Å². The quantitative estimate of drug-likeness (QED) is 0.371. The fourth-order valence-corrected chi connectivity index (χ4v) is 7.56. The van der Waals surface area contributed by atoms with Crippen LogP contribution in [0.5, 0.6) is 6.01 Å². The second kappa shape index (κ2) is 11.8. The molecule has 0 bridgehead atoms. The molecule has 1 aromatic carbocycles. The Morgan fingerprint density at radius 1 is 1.24 bits per heavy atom. The lowest BCUT2D eigenvalue weighted by Crippen LogP contribution is -2.55. The molecule has 0 radical (unpaired) electrons. The van der Waals surface area contributed by atoms with Crippen LogP contribution in [0.1, 0.15) is 30.5 Å². The minimum Gasteiger partial charge on any atom is -0.462 e. The molecule has 6 rings (SSSR count). The molecule has 5 heterocycles. The monoisotopic (exact) mass is 591 g/mol. The van der Waals surface area contributed by atoms with Crippen molar-refractivity contribution in [2.75, 3.05) is 56.2 Å². The molecule has 0 aliphatic carbocycles. The number of nitriles is 1. The predicted octanol–water partition coefficient (Wildman–Crippen LogP) is 4.50. The number of ether oxygens (including phenoxy) is 1. The second-order valence-corrected chi connectivity index (χ2v) is 12.6. The summed E-state index contributed by atoms with van der Waals surface area (Å²) in [5, 5.41) is 10.6. The lowest BCUT2D eigenvalue weighted by atomic mass is 10.0. The van der Waals surface area contributed by atoms with Crippen molar-refractivity contribution >= 4 is 50.4 Å². The third-order valence-electron chi connectivity index (χ3n) is 8.50. The molecule has 0 unspecified atom stereocenters. The highest BCUT2D eigenvalue weighted by Gasteiger charge is 2.33. The number of anilines is 2. The number of thiophene rings is 1. The first-order valence-electron chi connectivity index (χ1n) is 14.2. The van der Waals surface area contributed by atoms with Gasteiger partial charge in [0, 0.05) is 37.8 Å². The topological polar surface area (TPSA) is 88.8 Å². The summed E-state index contributed by atoms with van der Waals surface area (Å²) in [4.78, 5) is 31.1. The molecule has 9 nitrogen and oxygen atoms in total. The van der Waals surface area contributed by atoms with Crippen molar-refractivity contribution in [2.24, 2.45) is 0 Å². The number of halogens is 1. The first-order valence-corrected chi connectivity index (χ1v) is 15.4. The van der Waals surface area contributed by atoms with Gasteiger partial charge in [-0.2, -0.15) is 15.2 Å². The molecule has 2 saturated heterocycles. The Labute approximate surface area is 249 Å². The molecule has 11 heteroatoms. The number of rotatable bonds is 7. The van der Waals surface area contributed by atoms with Gasteiger partial charge in [0.25, 0.3) is 0 Å². The van der Waals surface area contributed by atoms with E-state index >= 15 is 0 Å². The summed E-state index contributed by atoms with van der Waals surface area (Å²) in [7, 11) is 2.13. The van der Waals surface area contributed by atoms with Crippen molar-refractivity contribution in [3.8, 4) is 12.1 Å². The molecule has 3 aliphatic rings. The van der Waals surface area contributed by atoms with Crippen LogP contribution in [0.2, 0.25) is 4.34 Å². The number of fused-ring (bicyclic) bond motifs is 2. The smallest absolute Gasteiger partial charge is 0.318 e. The first-order chi connectivity index (χ1) is 19.9. The van der Waals surface area contributed by atoms with Crippen molar-refractivity contribution in [2.45, 2.75) is 44.3 Å². The Bertz CT molecular complexity index is 1500. The number of benzene rings is 1. The van der Waals surface area contributed by atoms with E-state index in [-0.39, 0.29) is 18.4 Å². The highest BCUT2D eigenvalue weighted by molar-refractivity contribution is 7.23. The summed E-state index contributed by atoms with van der Waals surface area (Å²) >= 11 is 7.98. The number of likely N-dealkylation sites (N-methyl/N-ethyl adjacent to an activating group) is 1. The predicted molar refractivity (Wildman–Crippen MR) is 163 cm³/mol. The Kier molecular flexibility index (Phi) is 8.02. The van der Waals surface area contributed by atoms with Gasteiger partial charge in [0.15, 0.2) is 0 Å². The van der Waals surface area contributed by atoms with Gasteiger partial charge in [-0.15, -0.1) is 11.3 Å². The highest BCUT2D eigenvalue weighted by Crippen LogP contribution is 2.39. The molecule has 3 aromatic rings. The fraction of sp³-hybridized carbons (Fsp3) is 0.467. The molecule has 41 heavy (non-hydrogen) atoms. The lowest BCUT2D eigenvalue weighted by molar-refractivity contribution is -0.128. The number of likely N-dealkylation sites (tertiary alicyclic amines) is 1. The molecule has 214 valence electrons. The summed E-state index contributed by atoms with van der Waals surface area (Å²) in [5.74, 6) is 0.716. The number of amides is 1. The van der Waals surface area contributed by atoms with Crippen molar-refractivity contribution in [3.05, 3.63) is 52.5 Å². The van der Waals surface area contributed by atoms with Crippen molar-refractivity contribution in [1.29, 1.82) is 5.26 Å². The van der Waals surface area contributed by atoms with Gasteiger partial charge in [-0.3, -0.25) is 4.79 Å². The molecule has 0 spiro atoms. The Balaban J connectivity index is 1.33. The van der Waals surface area contributed by atoms with Crippen LogP contribution < -0.4 is 14.5 Å². The van der Waals surface area contributed by atoms with Gasteiger partial charge in [0.2, 0.25) is 5.91 Å². The number of piperazine rings is 1. The lowest BCUT2D eigenvalue weighted by Gasteiger charge is -2.42. The van der Waals surface area contributed by atoms with Gasteiger partial charge in [0.05, 0.1) is 45.5 Å². The van der Waals surface area contributed by atoms with Crippen LogP contribution in [-0.2, 0) is 17.8 Å². The second-order valence-electron chi connectivity index (χ2n) is 11.0. The Morgan fingerprint density at radius 2 is 2.12 bits per heavy atom. The van der Waals surface area contributed by atoms with Crippen LogP contribution in [0, 0.1) is 11.3 Å². The summed E-state index contributed by atoms with van der Waals surface area (Å²) < 4.78 is 8.23. The van der Waals surface area contributed by atoms with Gasteiger partial charge < -0.3 is 24.3 Å². The van der Waals surface area contributed by atoms with E-state index in [4.69, 9.17) is 26.3 Å². The zero-order valence-electron chi connectivity index (χ0n) is 23.3. The summed E-state index contributed by atoms with van der Waals surface area (Å²) in [6, 6.07) is 11.1. The van der Waals surface area contributed by atoms with Crippen LogP contribution >= 0.6 is 22.9 Å². The summed E-state index contributed by atoms with van der Waals surface area (Å²) in [6.07, 6.45) is 4.63. The maximum Gasteiger partial charge on any atom is 0.318 e. The largest absolute Gasteiger partial charge is 0.462 e. The minimum absolute atomic E-state index is 0.141. The van der Waals surface area contributed by atoms with Crippen molar-refractivity contribution in [1.82, 2.24) is 19.8 Å². The van der Waals surface area contributed by atoms with Crippen molar-refractivity contribution < 1.29 is 9.53 Å². The van der Waals surface area contributed by atoms with E-state index in [1.165, 1.54) is 17.2 Å². The minimum atomic E-state index is -0.234. The maximum absolute atomic E-state index is 12.5. The third kappa shape index (κ3) is 5.59. The Hall–Kier alpha value is -3.39. The SMILES string of the molecule is C=CC(=O)N1CCN(c2nc(OC[C@@H]3CCCN3C)nc3c2CCN(c2cccc4cc(Cl)sc24)C3)C[C@@H]1CC#N. The molecule has 2 fully saturated rings. The Morgan fingerprint density at radius 3 is 2.90 bits per heavy atom. The molecular formula is C30H34ClN7O2S. The fourth-order valence-electron chi connectivity index (χ4n) is 6.28. The van der Waals surface area contributed by atoms with E-state index in [1.807, 2.05) is 6.07 Å². The standard InChI is InChI=1S/C30H34ClN7O2S/c1-3-27(39)38-15-14-37(17-21(38)9-11-32)29-23-10-13-36(25-8-4-6-20-16-26(31)41-28(20)25)18-24(23)33-30(34-29)40-19-22-7-5-12-35(22)2/h3-4,6,8,16,21-22H,1,5,7,9-10,12-15,17-19H2,2H3/t21-,22-/m0/s1. The third-order valence-corrected chi connectivity index (χ3v) is 9.80. The zero-order chi connectivity index (χ0) is 28.5. The number of aromatic nitrogens is 2. The zero-order valence-corrected chi connectivity index (χ0v) is 24.8. The molecule has 2 atom stereocenters. The van der Waals surface area contributed by atoms with Crippen molar-refractivity contribution in [3.63, 3.8) is 0 Å². The van der Waals surface area contributed by atoms with Crippen LogP contribution in [0.4, 0.5) is 11.5 Å². The number of hydrogen-bond acceptors (Lipinski definition) is 9. The van der Waals surface area contributed by atoms with Gasteiger partial charge in [-0.1, -0.05) is 30.3 Å². The average molecular weight is 592 g/mol. The number of carbonyl (C=O) groups excluding carboxylic acids is 1. The van der Waals surface area contributed by atoms with E-state index < -0.39 is 0 Å². The summed E-state index contributed by atoms with van der Waals surface area (Å²) in [5.41, 5.74) is 3.23. The molecule has 2 aromatic heterocycles. The van der Waals surface area contributed by atoms with Gasteiger partial charge in [-0.25, -0.2) is 0 Å². The molecule has 0 N–H and O–H groups in total. The molecule has 0 saturated carbocycles. The van der Waals surface area contributed by atoms with E-state index in [1.54, 1.807) is 16.2 Å². The van der Waals surface area contributed by atoms with E-state index in [0.717, 1.165) is 58.4 Å². The van der Waals surface area contributed by atoms with Gasteiger partial charge in [-0.05, 0) is 56.4 Å². The van der Waals surface area contributed by atoms with E-state index in [2.05, 4.69) is 52.6 Å². The number of hydrogen-bond donors (Lipinski definition) is 0. The molecular weight excluding hydrogens is 558 g/mol. The summed E-state index contributed by atoms with van der Waals surface area (Å²) in [6.45, 7) is 8.37. The van der Waals surface area contributed by atoms with Crippen LogP contribution in [0.15, 0.2) is 36.9 Å². The number of carbonyl (C=O) groups is 1. The first kappa shape index (κ1) is 27.8. The van der Waals surface area contributed by atoms with Crippen LogP contribution in [0.25, 0.3) is 10.1 Å². The van der Waals surface area contributed by atoms with Crippen LogP contribution in [-0.4, -0.2) is 84.1 Å². The van der Waals surface area contributed by atoms with E-state index in [9.17, 15) is 10.1 Å².